The maximum Gasteiger partial charge on any atom is 0.158 e. The van der Waals surface area contributed by atoms with Gasteiger partial charge in [-0.25, -0.2) is 4.98 Å². The summed E-state index contributed by atoms with van der Waals surface area (Å²) in [5.74, 6) is 0.259. The molecule has 1 aromatic heterocycles. The number of aliphatic hydroxyl groups excluding tert-OH is 3. The van der Waals surface area contributed by atoms with Crippen LogP contribution in [-0.2, 0) is 4.74 Å². The number of pyridine rings is 1. The van der Waals surface area contributed by atoms with Crippen LogP contribution >= 0.6 is 0 Å². The van der Waals surface area contributed by atoms with Crippen molar-refractivity contribution in [3.63, 3.8) is 0 Å². The van der Waals surface area contributed by atoms with Gasteiger partial charge >= 0.3 is 0 Å². The van der Waals surface area contributed by atoms with Crippen LogP contribution in [0.3, 0.4) is 0 Å². The van der Waals surface area contributed by atoms with Gasteiger partial charge in [0.15, 0.2) is 6.23 Å². The van der Waals surface area contributed by atoms with Gasteiger partial charge in [0.25, 0.3) is 0 Å². The quantitative estimate of drug-likeness (QED) is 0.533. The third-order valence-electron chi connectivity index (χ3n) is 2.75. The first-order valence-electron chi connectivity index (χ1n) is 5.41. The molecule has 1 aliphatic rings. The van der Waals surface area contributed by atoms with E-state index < -0.39 is 31.1 Å². The number of ether oxygens (including phenoxy) is 1. The molecule has 0 aromatic carbocycles. The number of nitriles is 1. The van der Waals surface area contributed by atoms with Crippen molar-refractivity contribution in [2.75, 3.05) is 11.9 Å². The molecule has 1 unspecified atom stereocenters. The molecule has 0 amide bonds. The fourth-order valence-electron chi connectivity index (χ4n) is 1.76. The van der Waals surface area contributed by atoms with Crippen LogP contribution in [0.1, 0.15) is 5.56 Å². The van der Waals surface area contributed by atoms with Gasteiger partial charge in [-0.3, -0.25) is 0 Å². The molecule has 0 saturated carbocycles. The van der Waals surface area contributed by atoms with Crippen LogP contribution < -0.4 is 5.32 Å². The molecule has 4 atom stereocenters. The minimum absolute atomic E-state index is 0.259. The highest BCUT2D eigenvalue weighted by Crippen LogP contribution is 2.23. The van der Waals surface area contributed by atoms with E-state index in [1.54, 1.807) is 12.1 Å². The van der Waals surface area contributed by atoms with E-state index in [2.05, 4.69) is 10.3 Å². The van der Waals surface area contributed by atoms with Crippen molar-refractivity contribution >= 4 is 5.82 Å². The Morgan fingerprint density at radius 3 is 2.83 bits per heavy atom. The molecule has 1 aromatic rings. The zero-order chi connectivity index (χ0) is 13.1. The zero-order valence-electron chi connectivity index (χ0n) is 9.39. The Morgan fingerprint density at radius 2 is 2.22 bits per heavy atom. The van der Waals surface area contributed by atoms with E-state index in [0.29, 0.717) is 5.56 Å². The molecule has 1 saturated heterocycles. The molecule has 2 rings (SSSR count). The number of aromatic nitrogens is 1. The predicted molar refractivity (Wildman–Crippen MR) is 60.3 cm³/mol. The zero-order valence-corrected chi connectivity index (χ0v) is 9.39. The first kappa shape index (κ1) is 12.7. The lowest BCUT2D eigenvalue weighted by atomic mass is 10.1. The number of nitrogens with zero attached hydrogens (tertiary/aromatic N) is 2. The summed E-state index contributed by atoms with van der Waals surface area (Å²) in [4.78, 5) is 3.95. The van der Waals surface area contributed by atoms with Crippen LogP contribution in [0.5, 0.6) is 0 Å². The van der Waals surface area contributed by atoms with Crippen molar-refractivity contribution in [3.8, 4) is 6.07 Å². The van der Waals surface area contributed by atoms with E-state index >= 15 is 0 Å². The van der Waals surface area contributed by atoms with Crippen molar-refractivity contribution in [3.05, 3.63) is 23.9 Å². The van der Waals surface area contributed by atoms with E-state index in [9.17, 15) is 10.2 Å². The maximum absolute atomic E-state index is 9.72. The largest absolute Gasteiger partial charge is 0.394 e. The molecule has 2 heterocycles. The summed E-state index contributed by atoms with van der Waals surface area (Å²) < 4.78 is 5.23. The lowest BCUT2D eigenvalue weighted by Gasteiger charge is -2.17. The number of anilines is 1. The number of hydrogen-bond donors (Lipinski definition) is 4. The Balaban J connectivity index is 2.13. The molecule has 1 fully saturated rings. The first-order valence-corrected chi connectivity index (χ1v) is 5.41. The van der Waals surface area contributed by atoms with Gasteiger partial charge in [0.2, 0.25) is 0 Å². The normalized spacial score (nSPS) is 31.0. The average molecular weight is 251 g/mol. The van der Waals surface area contributed by atoms with Gasteiger partial charge in [-0.2, -0.15) is 5.26 Å². The lowest BCUT2D eigenvalue weighted by molar-refractivity contribution is -0.0154. The number of rotatable bonds is 3. The summed E-state index contributed by atoms with van der Waals surface area (Å²) in [5, 5.41) is 39.9. The molecule has 7 heteroatoms. The smallest absolute Gasteiger partial charge is 0.158 e. The molecule has 7 nitrogen and oxygen atoms in total. The van der Waals surface area contributed by atoms with Crippen LogP contribution in [0.15, 0.2) is 18.3 Å². The standard InChI is InChI=1S/C11H13N3O4/c12-4-6-2-1-3-13-10(6)14-11-9(17)8(16)7(5-15)18-11/h1-3,7-9,11,15-17H,5H2,(H,13,14)/t7-,8-,9-,11?/m1/s1. The second kappa shape index (κ2) is 5.29. The van der Waals surface area contributed by atoms with Gasteiger partial charge in [-0.05, 0) is 12.1 Å². The molecular formula is C11H13N3O4. The van der Waals surface area contributed by atoms with Gasteiger partial charge in [-0.15, -0.1) is 0 Å². The molecule has 0 radical (unpaired) electrons. The highest BCUT2D eigenvalue weighted by Gasteiger charge is 2.42. The van der Waals surface area contributed by atoms with Gasteiger partial charge in [-0.1, -0.05) is 0 Å². The molecule has 0 bridgehead atoms. The Kier molecular flexibility index (Phi) is 3.74. The van der Waals surface area contributed by atoms with E-state index in [4.69, 9.17) is 15.1 Å². The third kappa shape index (κ3) is 2.27. The number of aliphatic hydroxyl groups is 3. The lowest BCUT2D eigenvalue weighted by Crippen LogP contribution is -2.36. The van der Waals surface area contributed by atoms with E-state index in [1.165, 1.54) is 6.20 Å². The van der Waals surface area contributed by atoms with Crippen molar-refractivity contribution in [1.82, 2.24) is 4.98 Å². The van der Waals surface area contributed by atoms with E-state index in [-0.39, 0.29) is 5.82 Å². The van der Waals surface area contributed by atoms with E-state index in [1.807, 2.05) is 6.07 Å². The second-order valence-corrected chi connectivity index (χ2v) is 3.91. The summed E-state index contributed by atoms with van der Waals surface area (Å²) >= 11 is 0. The molecule has 0 aliphatic carbocycles. The van der Waals surface area contributed by atoms with Crippen molar-refractivity contribution < 1.29 is 20.1 Å². The van der Waals surface area contributed by atoms with Gasteiger partial charge in [0.1, 0.15) is 30.2 Å². The van der Waals surface area contributed by atoms with Crippen LogP contribution in [0.4, 0.5) is 5.82 Å². The molecule has 1 aliphatic heterocycles. The van der Waals surface area contributed by atoms with Crippen molar-refractivity contribution in [2.45, 2.75) is 24.5 Å². The number of hydrogen-bond acceptors (Lipinski definition) is 7. The van der Waals surface area contributed by atoms with Crippen molar-refractivity contribution in [1.29, 1.82) is 5.26 Å². The van der Waals surface area contributed by atoms with Crippen LogP contribution in [0, 0.1) is 11.3 Å². The monoisotopic (exact) mass is 251 g/mol. The summed E-state index contributed by atoms with van der Waals surface area (Å²) in [6, 6.07) is 5.12. The van der Waals surface area contributed by atoms with Crippen LogP contribution in [0.2, 0.25) is 0 Å². The molecule has 18 heavy (non-hydrogen) atoms. The summed E-state index contributed by atoms with van der Waals surface area (Å²) in [7, 11) is 0. The second-order valence-electron chi connectivity index (χ2n) is 3.91. The SMILES string of the molecule is N#Cc1cccnc1NC1O[C@H](CO)[C@@H](O)[C@H]1O. The van der Waals surface area contributed by atoms with Gasteiger partial charge in [0, 0.05) is 6.20 Å². The highest BCUT2D eigenvalue weighted by molar-refractivity contribution is 5.51. The molecule has 4 N–H and O–H groups in total. The Labute approximate surface area is 103 Å². The Bertz CT molecular complexity index is 462. The summed E-state index contributed by atoms with van der Waals surface area (Å²) in [6.45, 7) is -0.399. The minimum atomic E-state index is -1.20. The molecule has 96 valence electrons. The van der Waals surface area contributed by atoms with E-state index in [0.717, 1.165) is 0 Å². The van der Waals surface area contributed by atoms with Crippen LogP contribution in [0.25, 0.3) is 0 Å². The average Bonchev–Trinajstić information content (AvgIpc) is 2.67. The number of nitrogens with one attached hydrogen (secondary N) is 1. The Morgan fingerprint density at radius 1 is 1.44 bits per heavy atom. The van der Waals surface area contributed by atoms with Gasteiger partial charge in [0.05, 0.1) is 12.2 Å². The molecule has 0 spiro atoms. The Hall–Kier alpha value is -1.72. The predicted octanol–water partition coefficient (Wildman–Crippen LogP) is -1.20. The summed E-state index contributed by atoms with van der Waals surface area (Å²) in [5.41, 5.74) is 0.301. The maximum atomic E-state index is 9.72. The fourth-order valence-corrected chi connectivity index (χ4v) is 1.76. The third-order valence-corrected chi connectivity index (χ3v) is 2.75. The van der Waals surface area contributed by atoms with Crippen LogP contribution in [-0.4, -0.2) is 51.5 Å². The first-order chi connectivity index (χ1) is 8.67. The molecular weight excluding hydrogens is 238 g/mol. The van der Waals surface area contributed by atoms with Gasteiger partial charge < -0.3 is 25.4 Å². The topological polar surface area (TPSA) is 119 Å². The fraction of sp³-hybridized carbons (Fsp3) is 0.455. The summed E-state index contributed by atoms with van der Waals surface area (Å²) in [6.07, 6.45) is -2.66. The van der Waals surface area contributed by atoms with Crippen molar-refractivity contribution in [2.24, 2.45) is 0 Å². The highest BCUT2D eigenvalue weighted by atomic mass is 16.6. The minimum Gasteiger partial charge on any atom is -0.394 e.